The molecule has 2 rings (SSSR count). The van der Waals surface area contributed by atoms with Crippen LogP contribution in [0.3, 0.4) is 0 Å². The molecule has 0 aliphatic heterocycles. The number of nitrogen functional groups attached to an aromatic ring is 1. The lowest BCUT2D eigenvalue weighted by Gasteiger charge is -2.06. The molecule has 0 heterocycles. The fraction of sp³-hybridized carbons (Fsp3) is 0.143. The molecule has 2 aromatic carbocycles. The summed E-state index contributed by atoms with van der Waals surface area (Å²) in [6, 6.07) is 10.9. The lowest BCUT2D eigenvalue weighted by molar-refractivity contribution is 0.617. The molecular weight excluding hydrogens is 313 g/mol. The maximum absolute atomic E-state index is 13.6. The highest BCUT2D eigenvalue weighted by molar-refractivity contribution is 9.10. The van der Waals surface area contributed by atoms with E-state index in [-0.39, 0.29) is 5.82 Å². The molecule has 0 aliphatic carbocycles. The average Bonchev–Trinajstić information content (AvgIpc) is 2.34. The molecular formula is C14H13BrFNS. The Morgan fingerprint density at radius 3 is 2.72 bits per heavy atom. The Hall–Kier alpha value is -1.00. The standard InChI is InChI=1S/C14H13BrFNS/c1-9-6-12(3-5-14(9)17)18-8-10-7-11(15)2-4-13(10)16/h2-7H,8,17H2,1H3. The predicted octanol–water partition coefficient (Wildman–Crippen LogP) is 4.77. The summed E-state index contributed by atoms with van der Waals surface area (Å²) in [6.07, 6.45) is 0. The lowest BCUT2D eigenvalue weighted by Crippen LogP contribution is -1.90. The van der Waals surface area contributed by atoms with Crippen molar-refractivity contribution in [3.8, 4) is 0 Å². The van der Waals surface area contributed by atoms with Crippen LogP contribution in [0.1, 0.15) is 11.1 Å². The minimum Gasteiger partial charge on any atom is -0.399 e. The number of aryl methyl sites for hydroxylation is 1. The van der Waals surface area contributed by atoms with Crippen LogP contribution in [-0.4, -0.2) is 0 Å². The summed E-state index contributed by atoms with van der Waals surface area (Å²) >= 11 is 4.95. The van der Waals surface area contributed by atoms with Gasteiger partial charge in [-0.2, -0.15) is 0 Å². The molecule has 0 amide bonds. The van der Waals surface area contributed by atoms with E-state index in [2.05, 4.69) is 15.9 Å². The zero-order valence-electron chi connectivity index (χ0n) is 9.91. The second-order valence-electron chi connectivity index (χ2n) is 4.04. The summed E-state index contributed by atoms with van der Waals surface area (Å²) in [4.78, 5) is 1.10. The van der Waals surface area contributed by atoms with Crippen LogP contribution in [0.4, 0.5) is 10.1 Å². The molecule has 4 heteroatoms. The third-order valence-corrected chi connectivity index (χ3v) is 4.18. The number of hydrogen-bond donors (Lipinski definition) is 1. The molecule has 94 valence electrons. The summed E-state index contributed by atoms with van der Waals surface area (Å²) in [7, 11) is 0. The van der Waals surface area contributed by atoms with Crippen LogP contribution in [0.2, 0.25) is 0 Å². The van der Waals surface area contributed by atoms with Gasteiger partial charge >= 0.3 is 0 Å². The Balaban J connectivity index is 2.11. The molecule has 0 saturated heterocycles. The largest absolute Gasteiger partial charge is 0.399 e. The van der Waals surface area contributed by atoms with Crippen molar-refractivity contribution in [3.63, 3.8) is 0 Å². The first-order chi connectivity index (χ1) is 8.56. The van der Waals surface area contributed by atoms with E-state index in [4.69, 9.17) is 5.73 Å². The molecule has 0 bridgehead atoms. The normalized spacial score (nSPS) is 10.6. The third kappa shape index (κ3) is 3.27. The maximum Gasteiger partial charge on any atom is 0.127 e. The van der Waals surface area contributed by atoms with Gasteiger partial charge in [-0.05, 0) is 54.4 Å². The summed E-state index contributed by atoms with van der Waals surface area (Å²) < 4.78 is 14.5. The Morgan fingerprint density at radius 2 is 2.00 bits per heavy atom. The molecule has 0 atom stereocenters. The molecule has 0 fully saturated rings. The Bertz CT molecular complexity index is 572. The van der Waals surface area contributed by atoms with Crippen LogP contribution in [0.15, 0.2) is 45.8 Å². The van der Waals surface area contributed by atoms with E-state index in [1.54, 1.807) is 17.8 Å². The SMILES string of the molecule is Cc1cc(SCc2cc(Br)ccc2F)ccc1N. The Kier molecular flexibility index (Phi) is 4.30. The van der Waals surface area contributed by atoms with E-state index in [1.165, 1.54) is 6.07 Å². The lowest BCUT2D eigenvalue weighted by atomic mass is 10.2. The fourth-order valence-electron chi connectivity index (χ4n) is 1.55. The van der Waals surface area contributed by atoms with Crippen molar-refractivity contribution < 1.29 is 4.39 Å². The fourth-order valence-corrected chi connectivity index (χ4v) is 2.93. The number of anilines is 1. The molecule has 1 nitrogen and oxygen atoms in total. The van der Waals surface area contributed by atoms with E-state index in [1.807, 2.05) is 31.2 Å². The summed E-state index contributed by atoms with van der Waals surface area (Å²) in [6.45, 7) is 1.97. The first kappa shape index (κ1) is 13.4. The summed E-state index contributed by atoms with van der Waals surface area (Å²) in [5.41, 5.74) is 8.30. The average molecular weight is 326 g/mol. The Morgan fingerprint density at radius 1 is 1.22 bits per heavy atom. The third-order valence-electron chi connectivity index (χ3n) is 2.64. The summed E-state index contributed by atoms with van der Waals surface area (Å²) in [5.74, 6) is 0.437. The van der Waals surface area contributed by atoms with Crippen molar-refractivity contribution in [1.82, 2.24) is 0 Å². The van der Waals surface area contributed by atoms with Crippen LogP contribution in [0.5, 0.6) is 0 Å². The number of hydrogen-bond acceptors (Lipinski definition) is 2. The van der Waals surface area contributed by atoms with Crippen LogP contribution >= 0.6 is 27.7 Å². The van der Waals surface area contributed by atoms with Gasteiger partial charge in [0.2, 0.25) is 0 Å². The zero-order valence-corrected chi connectivity index (χ0v) is 12.3. The first-order valence-electron chi connectivity index (χ1n) is 5.49. The number of nitrogens with two attached hydrogens (primary N) is 1. The molecule has 2 aromatic rings. The first-order valence-corrected chi connectivity index (χ1v) is 7.27. The van der Waals surface area contributed by atoms with Crippen molar-refractivity contribution in [2.75, 3.05) is 5.73 Å². The number of thioether (sulfide) groups is 1. The predicted molar refractivity (Wildman–Crippen MR) is 79.3 cm³/mol. The molecule has 18 heavy (non-hydrogen) atoms. The Labute approximate surface area is 119 Å². The van der Waals surface area contributed by atoms with Crippen LogP contribution in [0, 0.1) is 12.7 Å². The van der Waals surface area contributed by atoms with E-state index < -0.39 is 0 Å². The van der Waals surface area contributed by atoms with Crippen LogP contribution < -0.4 is 5.73 Å². The number of benzene rings is 2. The summed E-state index contributed by atoms with van der Waals surface area (Å²) in [5, 5.41) is 0. The molecule has 2 N–H and O–H groups in total. The second kappa shape index (κ2) is 5.76. The highest BCUT2D eigenvalue weighted by atomic mass is 79.9. The molecule has 0 aliphatic rings. The minimum atomic E-state index is -0.169. The van der Waals surface area contributed by atoms with Gasteiger partial charge in [-0.1, -0.05) is 15.9 Å². The van der Waals surface area contributed by atoms with Gasteiger partial charge in [0, 0.05) is 20.8 Å². The van der Waals surface area contributed by atoms with E-state index in [0.29, 0.717) is 11.3 Å². The van der Waals surface area contributed by atoms with Crippen molar-refractivity contribution in [3.05, 3.63) is 57.8 Å². The molecule has 0 spiro atoms. The minimum absolute atomic E-state index is 0.169. The molecule has 0 aromatic heterocycles. The van der Waals surface area contributed by atoms with Gasteiger partial charge in [0.15, 0.2) is 0 Å². The van der Waals surface area contributed by atoms with Crippen molar-refractivity contribution in [1.29, 1.82) is 0 Å². The van der Waals surface area contributed by atoms with E-state index in [9.17, 15) is 4.39 Å². The van der Waals surface area contributed by atoms with Crippen molar-refractivity contribution in [2.45, 2.75) is 17.6 Å². The van der Waals surface area contributed by atoms with Gasteiger partial charge in [0.25, 0.3) is 0 Å². The monoisotopic (exact) mass is 325 g/mol. The van der Waals surface area contributed by atoms with Gasteiger partial charge in [0.05, 0.1) is 0 Å². The quantitative estimate of drug-likeness (QED) is 0.649. The van der Waals surface area contributed by atoms with Gasteiger partial charge < -0.3 is 5.73 Å². The van der Waals surface area contributed by atoms with Crippen molar-refractivity contribution in [2.24, 2.45) is 0 Å². The van der Waals surface area contributed by atoms with Gasteiger partial charge in [-0.25, -0.2) is 4.39 Å². The molecule has 0 saturated carbocycles. The topological polar surface area (TPSA) is 26.0 Å². The van der Waals surface area contributed by atoms with Gasteiger partial charge in [-0.15, -0.1) is 11.8 Å². The highest BCUT2D eigenvalue weighted by Gasteiger charge is 2.04. The number of halogens is 2. The van der Waals surface area contributed by atoms with E-state index >= 15 is 0 Å². The van der Waals surface area contributed by atoms with Gasteiger partial charge in [0.1, 0.15) is 5.82 Å². The second-order valence-corrected chi connectivity index (χ2v) is 6.01. The zero-order chi connectivity index (χ0) is 13.1. The number of rotatable bonds is 3. The highest BCUT2D eigenvalue weighted by Crippen LogP contribution is 2.27. The van der Waals surface area contributed by atoms with Crippen LogP contribution in [-0.2, 0) is 5.75 Å². The van der Waals surface area contributed by atoms with Crippen molar-refractivity contribution >= 4 is 33.4 Å². The maximum atomic E-state index is 13.6. The van der Waals surface area contributed by atoms with Crippen LogP contribution in [0.25, 0.3) is 0 Å². The van der Waals surface area contributed by atoms with E-state index in [0.717, 1.165) is 20.6 Å². The molecule has 0 radical (unpaired) electrons. The van der Waals surface area contributed by atoms with Gasteiger partial charge in [-0.3, -0.25) is 0 Å². The molecule has 0 unspecified atom stereocenters. The smallest absolute Gasteiger partial charge is 0.127 e.